The molecule has 0 spiro atoms. The first-order valence-electron chi connectivity index (χ1n) is 4.49. The van der Waals surface area contributed by atoms with Gasteiger partial charge in [0.05, 0.1) is 10.6 Å². The highest BCUT2D eigenvalue weighted by atomic mass is 35.5. The molecule has 82 valence electrons. The molecule has 0 aromatic heterocycles. The molecule has 0 bridgehead atoms. The predicted molar refractivity (Wildman–Crippen MR) is 54.0 cm³/mol. The lowest BCUT2D eigenvalue weighted by molar-refractivity contribution is 0.0953. The molecule has 0 aliphatic rings. The van der Waals surface area contributed by atoms with Crippen LogP contribution in [0.1, 0.15) is 23.7 Å². The standard InChI is InChI=1S/C10H10ClF2NO/c1-2-3-14-10(15)6-4-8(12)9(13)5-7(6)11/h4-5H,2-3H2,1H3,(H,14,15). The van der Waals surface area contributed by atoms with Gasteiger partial charge in [-0.1, -0.05) is 18.5 Å². The topological polar surface area (TPSA) is 29.1 Å². The van der Waals surface area contributed by atoms with Crippen molar-refractivity contribution in [3.8, 4) is 0 Å². The number of carbonyl (C=O) groups is 1. The SMILES string of the molecule is CCCNC(=O)c1cc(F)c(F)cc1Cl. The molecule has 15 heavy (non-hydrogen) atoms. The molecular formula is C10H10ClF2NO. The van der Waals surface area contributed by atoms with Crippen LogP contribution in [0.25, 0.3) is 0 Å². The van der Waals surface area contributed by atoms with Crippen LogP contribution in [0.5, 0.6) is 0 Å². The number of benzene rings is 1. The van der Waals surface area contributed by atoms with E-state index in [9.17, 15) is 13.6 Å². The Bertz CT molecular complexity index is 382. The Morgan fingerprint density at radius 3 is 2.60 bits per heavy atom. The van der Waals surface area contributed by atoms with E-state index in [1.807, 2.05) is 6.92 Å². The van der Waals surface area contributed by atoms with Crippen LogP contribution in [0.4, 0.5) is 8.78 Å². The predicted octanol–water partition coefficient (Wildman–Crippen LogP) is 2.76. The van der Waals surface area contributed by atoms with Crippen molar-refractivity contribution in [2.75, 3.05) is 6.54 Å². The van der Waals surface area contributed by atoms with E-state index in [0.29, 0.717) is 6.54 Å². The average molecular weight is 234 g/mol. The largest absolute Gasteiger partial charge is 0.352 e. The zero-order valence-electron chi connectivity index (χ0n) is 8.11. The molecule has 0 aliphatic carbocycles. The summed E-state index contributed by atoms with van der Waals surface area (Å²) in [5.74, 6) is -2.64. The van der Waals surface area contributed by atoms with E-state index in [2.05, 4.69) is 5.32 Å². The first-order chi connectivity index (χ1) is 7.06. The maximum Gasteiger partial charge on any atom is 0.252 e. The minimum Gasteiger partial charge on any atom is -0.352 e. The van der Waals surface area contributed by atoms with E-state index in [0.717, 1.165) is 18.6 Å². The number of carbonyl (C=O) groups excluding carboxylic acids is 1. The maximum atomic E-state index is 12.8. The van der Waals surface area contributed by atoms with E-state index in [1.54, 1.807) is 0 Å². The number of halogens is 3. The van der Waals surface area contributed by atoms with Crippen molar-refractivity contribution in [1.29, 1.82) is 0 Å². The molecule has 2 nitrogen and oxygen atoms in total. The van der Waals surface area contributed by atoms with Crippen LogP contribution in [0.3, 0.4) is 0 Å². The van der Waals surface area contributed by atoms with Gasteiger partial charge in [0, 0.05) is 6.54 Å². The number of hydrogen-bond donors (Lipinski definition) is 1. The van der Waals surface area contributed by atoms with Crippen molar-refractivity contribution in [2.24, 2.45) is 0 Å². The smallest absolute Gasteiger partial charge is 0.252 e. The molecule has 1 amide bonds. The summed E-state index contributed by atoms with van der Waals surface area (Å²) in [7, 11) is 0. The normalized spacial score (nSPS) is 10.1. The Labute approximate surface area is 91.2 Å². The second kappa shape index (κ2) is 5.07. The first-order valence-corrected chi connectivity index (χ1v) is 4.86. The van der Waals surface area contributed by atoms with E-state index >= 15 is 0 Å². The summed E-state index contributed by atoms with van der Waals surface area (Å²) in [5, 5.41) is 2.43. The molecule has 0 unspecified atom stereocenters. The summed E-state index contributed by atoms with van der Waals surface area (Å²) < 4.78 is 25.5. The zero-order chi connectivity index (χ0) is 11.4. The Balaban J connectivity index is 2.94. The lowest BCUT2D eigenvalue weighted by atomic mass is 10.2. The Hall–Kier alpha value is -1.16. The van der Waals surface area contributed by atoms with Crippen molar-refractivity contribution in [1.82, 2.24) is 5.32 Å². The van der Waals surface area contributed by atoms with Crippen LogP contribution in [0, 0.1) is 11.6 Å². The van der Waals surface area contributed by atoms with Crippen molar-refractivity contribution in [3.05, 3.63) is 34.4 Å². The van der Waals surface area contributed by atoms with Crippen LogP contribution in [0.15, 0.2) is 12.1 Å². The van der Waals surface area contributed by atoms with E-state index in [-0.39, 0.29) is 10.6 Å². The Kier molecular flexibility index (Phi) is 4.03. The van der Waals surface area contributed by atoms with Gasteiger partial charge in [-0.25, -0.2) is 8.78 Å². The summed E-state index contributed by atoms with van der Waals surface area (Å²) in [6.45, 7) is 2.35. The molecule has 0 saturated heterocycles. The number of amides is 1. The maximum absolute atomic E-state index is 12.8. The summed E-state index contributed by atoms with van der Waals surface area (Å²) in [6, 6.07) is 1.58. The van der Waals surface area contributed by atoms with Crippen LogP contribution in [-0.4, -0.2) is 12.5 Å². The average Bonchev–Trinajstić information content (AvgIpc) is 2.20. The number of rotatable bonds is 3. The molecule has 0 fully saturated rings. The van der Waals surface area contributed by atoms with Gasteiger partial charge in [0.25, 0.3) is 5.91 Å². The van der Waals surface area contributed by atoms with Gasteiger partial charge in [-0.2, -0.15) is 0 Å². The van der Waals surface area contributed by atoms with Crippen LogP contribution < -0.4 is 5.32 Å². The van der Waals surface area contributed by atoms with Gasteiger partial charge in [-0.3, -0.25) is 4.79 Å². The third kappa shape index (κ3) is 2.89. The van der Waals surface area contributed by atoms with Crippen LogP contribution in [-0.2, 0) is 0 Å². The third-order valence-electron chi connectivity index (χ3n) is 1.79. The summed E-state index contributed by atoms with van der Waals surface area (Å²) >= 11 is 5.61. The van der Waals surface area contributed by atoms with Crippen molar-refractivity contribution in [3.63, 3.8) is 0 Å². The van der Waals surface area contributed by atoms with Crippen molar-refractivity contribution < 1.29 is 13.6 Å². The van der Waals surface area contributed by atoms with Crippen LogP contribution >= 0.6 is 11.6 Å². The molecule has 0 aliphatic heterocycles. The van der Waals surface area contributed by atoms with Gasteiger partial charge < -0.3 is 5.32 Å². The minimum absolute atomic E-state index is 0.0518. The molecule has 0 radical (unpaired) electrons. The molecule has 1 N–H and O–H groups in total. The van der Waals surface area contributed by atoms with Gasteiger partial charge >= 0.3 is 0 Å². The fourth-order valence-electron chi connectivity index (χ4n) is 1.03. The lowest BCUT2D eigenvalue weighted by Gasteiger charge is -2.05. The Morgan fingerprint density at radius 2 is 2.00 bits per heavy atom. The molecule has 5 heteroatoms. The fraction of sp³-hybridized carbons (Fsp3) is 0.300. The Morgan fingerprint density at radius 1 is 1.40 bits per heavy atom. The quantitative estimate of drug-likeness (QED) is 0.800. The molecular weight excluding hydrogens is 224 g/mol. The highest BCUT2D eigenvalue weighted by molar-refractivity contribution is 6.33. The molecule has 1 aromatic carbocycles. The van der Waals surface area contributed by atoms with Gasteiger partial charge in [0.1, 0.15) is 0 Å². The van der Waals surface area contributed by atoms with Gasteiger partial charge in [0.15, 0.2) is 11.6 Å². The van der Waals surface area contributed by atoms with E-state index < -0.39 is 17.5 Å². The van der Waals surface area contributed by atoms with E-state index in [1.165, 1.54) is 0 Å². The second-order valence-electron chi connectivity index (χ2n) is 3.00. The minimum atomic E-state index is -1.08. The van der Waals surface area contributed by atoms with Gasteiger partial charge in [0.2, 0.25) is 0 Å². The molecule has 0 heterocycles. The molecule has 0 saturated carbocycles. The van der Waals surface area contributed by atoms with E-state index in [4.69, 9.17) is 11.6 Å². The first kappa shape index (κ1) is 11.9. The van der Waals surface area contributed by atoms with Gasteiger partial charge in [-0.05, 0) is 18.6 Å². The van der Waals surface area contributed by atoms with Crippen LogP contribution in [0.2, 0.25) is 5.02 Å². The second-order valence-corrected chi connectivity index (χ2v) is 3.41. The molecule has 1 rings (SSSR count). The summed E-state index contributed by atoms with van der Waals surface area (Å²) in [4.78, 5) is 11.4. The number of hydrogen-bond acceptors (Lipinski definition) is 1. The highest BCUT2D eigenvalue weighted by Gasteiger charge is 2.14. The molecule has 1 aromatic rings. The molecule has 0 atom stereocenters. The monoisotopic (exact) mass is 233 g/mol. The fourth-order valence-corrected chi connectivity index (χ4v) is 1.27. The van der Waals surface area contributed by atoms with Gasteiger partial charge in [-0.15, -0.1) is 0 Å². The highest BCUT2D eigenvalue weighted by Crippen LogP contribution is 2.19. The number of nitrogens with one attached hydrogen (secondary N) is 1. The lowest BCUT2D eigenvalue weighted by Crippen LogP contribution is -2.24. The van der Waals surface area contributed by atoms with Crippen molar-refractivity contribution >= 4 is 17.5 Å². The summed E-state index contributed by atoms with van der Waals surface area (Å²) in [5.41, 5.74) is -0.0518. The third-order valence-corrected chi connectivity index (χ3v) is 2.10. The zero-order valence-corrected chi connectivity index (χ0v) is 8.87. The van der Waals surface area contributed by atoms with Crippen molar-refractivity contribution in [2.45, 2.75) is 13.3 Å². The summed E-state index contributed by atoms with van der Waals surface area (Å²) in [6.07, 6.45) is 0.757.